The number of nitrogens with zero attached hydrogens (tertiary/aromatic N) is 2. The minimum absolute atomic E-state index is 0.0748. The van der Waals surface area contributed by atoms with Gasteiger partial charge in [0.05, 0.1) is 4.90 Å². The summed E-state index contributed by atoms with van der Waals surface area (Å²) < 4.78 is 95.1. The van der Waals surface area contributed by atoms with Crippen LogP contribution in [0.25, 0.3) is 0 Å². The molecule has 0 spiro atoms. The Bertz CT molecular complexity index is 1520. The molecular formula is C21H24N4O8S3. The highest BCUT2D eigenvalue weighted by Gasteiger charge is 2.34. The first kappa shape index (κ1) is 27.5. The SMILES string of the molecule is Cc1cc(NS(=O)(=O)c2ccc(NC(CC(c3ccccc3)S(=O)(=O)O)S(=O)(=O)O)cc2)nc(C)n1. The van der Waals surface area contributed by atoms with Crippen molar-refractivity contribution in [2.24, 2.45) is 0 Å². The number of benzene rings is 2. The van der Waals surface area contributed by atoms with Gasteiger partial charge in [0.15, 0.2) is 5.37 Å². The van der Waals surface area contributed by atoms with Gasteiger partial charge in [-0.05, 0) is 43.7 Å². The topological polar surface area (TPSA) is 193 Å². The van der Waals surface area contributed by atoms with Crippen molar-refractivity contribution in [3.8, 4) is 0 Å². The number of nitrogens with one attached hydrogen (secondary N) is 2. The number of aryl methyl sites for hydroxylation is 2. The van der Waals surface area contributed by atoms with E-state index in [1.165, 1.54) is 54.6 Å². The van der Waals surface area contributed by atoms with Crippen molar-refractivity contribution in [3.05, 3.63) is 77.7 Å². The van der Waals surface area contributed by atoms with Gasteiger partial charge in [-0.15, -0.1) is 0 Å². The van der Waals surface area contributed by atoms with E-state index in [1.807, 2.05) is 0 Å². The van der Waals surface area contributed by atoms with Crippen molar-refractivity contribution in [1.82, 2.24) is 9.97 Å². The van der Waals surface area contributed by atoms with E-state index in [9.17, 15) is 34.4 Å². The zero-order chi connectivity index (χ0) is 26.7. The molecule has 4 N–H and O–H groups in total. The van der Waals surface area contributed by atoms with E-state index in [0.717, 1.165) is 0 Å². The summed E-state index contributed by atoms with van der Waals surface area (Å²) in [4.78, 5) is 7.94. The second kappa shape index (κ2) is 10.5. The van der Waals surface area contributed by atoms with E-state index in [4.69, 9.17) is 0 Å². The molecule has 0 aliphatic heterocycles. The molecule has 0 aliphatic carbocycles. The van der Waals surface area contributed by atoms with Gasteiger partial charge in [0, 0.05) is 23.9 Å². The molecule has 0 bridgehead atoms. The first-order chi connectivity index (χ1) is 16.6. The van der Waals surface area contributed by atoms with Crippen molar-refractivity contribution in [2.75, 3.05) is 10.0 Å². The summed E-state index contributed by atoms with van der Waals surface area (Å²) in [6, 6.07) is 13.7. The largest absolute Gasteiger partial charge is 0.367 e. The minimum atomic E-state index is -4.85. The molecule has 36 heavy (non-hydrogen) atoms. The van der Waals surface area contributed by atoms with E-state index in [1.54, 1.807) is 19.9 Å². The fraction of sp³-hybridized carbons (Fsp3) is 0.238. The van der Waals surface area contributed by atoms with Crippen molar-refractivity contribution in [3.63, 3.8) is 0 Å². The fourth-order valence-corrected chi connectivity index (χ4v) is 6.20. The maximum absolute atomic E-state index is 12.7. The lowest BCUT2D eigenvalue weighted by Gasteiger charge is -2.22. The van der Waals surface area contributed by atoms with E-state index < -0.39 is 47.3 Å². The molecule has 1 heterocycles. The van der Waals surface area contributed by atoms with Crippen molar-refractivity contribution >= 4 is 41.8 Å². The summed E-state index contributed by atoms with van der Waals surface area (Å²) in [6.07, 6.45) is -0.726. The van der Waals surface area contributed by atoms with Crippen LogP contribution in [0, 0.1) is 13.8 Å². The molecule has 15 heteroatoms. The Morgan fingerprint density at radius 2 is 1.44 bits per heavy atom. The standard InChI is InChI=1S/C21H24N4O8S3/c1-14-12-20(23-15(2)22-14)25-34(26,27)18-10-8-17(9-11-18)24-21(36(31,32)33)13-19(35(28,29)30)16-6-4-3-5-7-16/h3-12,19,21,24H,13H2,1-2H3,(H,22,23,25)(H,28,29,30)(H,31,32,33). The van der Waals surface area contributed by atoms with E-state index >= 15 is 0 Å². The number of sulfonamides is 1. The van der Waals surface area contributed by atoms with Gasteiger partial charge < -0.3 is 5.32 Å². The molecule has 12 nitrogen and oxygen atoms in total. The van der Waals surface area contributed by atoms with Crippen LogP contribution in [0.5, 0.6) is 0 Å². The van der Waals surface area contributed by atoms with Crippen LogP contribution in [-0.4, -0.2) is 49.7 Å². The van der Waals surface area contributed by atoms with Gasteiger partial charge in [0.1, 0.15) is 16.9 Å². The van der Waals surface area contributed by atoms with Crippen LogP contribution in [0.1, 0.15) is 28.8 Å². The zero-order valence-corrected chi connectivity index (χ0v) is 21.5. The first-order valence-corrected chi connectivity index (χ1v) is 14.8. The predicted octanol–water partition coefficient (Wildman–Crippen LogP) is 2.54. The molecule has 0 amide bonds. The predicted molar refractivity (Wildman–Crippen MR) is 133 cm³/mol. The summed E-state index contributed by atoms with van der Waals surface area (Å²) in [5.74, 6) is 0.452. The van der Waals surface area contributed by atoms with E-state index in [2.05, 4.69) is 20.0 Å². The normalized spacial score (nSPS) is 14.1. The molecule has 0 aliphatic rings. The molecule has 3 aromatic rings. The zero-order valence-electron chi connectivity index (χ0n) is 19.1. The fourth-order valence-electron chi connectivity index (χ4n) is 3.43. The van der Waals surface area contributed by atoms with Gasteiger partial charge in [-0.25, -0.2) is 18.4 Å². The highest BCUT2D eigenvalue weighted by atomic mass is 32.2. The second-order valence-corrected chi connectivity index (χ2v) is 12.7. The van der Waals surface area contributed by atoms with Crippen LogP contribution in [0.3, 0.4) is 0 Å². The Balaban J connectivity index is 1.84. The Labute approximate surface area is 209 Å². The number of aromatic nitrogens is 2. The van der Waals surface area contributed by atoms with Crippen LogP contribution in [0.2, 0.25) is 0 Å². The molecular weight excluding hydrogens is 532 g/mol. The average molecular weight is 557 g/mol. The highest BCUT2D eigenvalue weighted by molar-refractivity contribution is 7.92. The van der Waals surface area contributed by atoms with Crippen LogP contribution in [0.4, 0.5) is 11.5 Å². The Morgan fingerprint density at radius 3 is 1.97 bits per heavy atom. The van der Waals surface area contributed by atoms with Crippen LogP contribution in [-0.2, 0) is 30.3 Å². The van der Waals surface area contributed by atoms with Gasteiger partial charge in [0.25, 0.3) is 30.3 Å². The average Bonchev–Trinajstić information content (AvgIpc) is 2.75. The third-order valence-electron chi connectivity index (χ3n) is 5.02. The maximum atomic E-state index is 12.7. The molecule has 0 saturated heterocycles. The number of hydrogen-bond donors (Lipinski definition) is 4. The summed E-state index contributed by atoms with van der Waals surface area (Å²) in [5.41, 5.74) is 0.764. The van der Waals surface area contributed by atoms with Crippen molar-refractivity contribution in [1.29, 1.82) is 0 Å². The lowest BCUT2D eigenvalue weighted by Crippen LogP contribution is -2.32. The molecule has 2 atom stereocenters. The Hall–Kier alpha value is -3.11. The third kappa shape index (κ3) is 7.20. The highest BCUT2D eigenvalue weighted by Crippen LogP contribution is 2.29. The van der Waals surface area contributed by atoms with Gasteiger partial charge in [-0.3, -0.25) is 13.8 Å². The lowest BCUT2D eigenvalue weighted by molar-refractivity contribution is 0.451. The Morgan fingerprint density at radius 1 is 0.833 bits per heavy atom. The van der Waals surface area contributed by atoms with Crippen LogP contribution >= 0.6 is 0 Å². The first-order valence-electron chi connectivity index (χ1n) is 10.3. The molecule has 0 radical (unpaired) electrons. The van der Waals surface area contributed by atoms with E-state index in [0.29, 0.717) is 11.5 Å². The summed E-state index contributed by atoms with van der Waals surface area (Å²) in [7, 11) is -13.6. The summed E-state index contributed by atoms with van der Waals surface area (Å²) in [6.45, 7) is 3.30. The lowest BCUT2D eigenvalue weighted by atomic mass is 10.1. The molecule has 194 valence electrons. The molecule has 1 aromatic heterocycles. The maximum Gasteiger partial charge on any atom is 0.286 e. The van der Waals surface area contributed by atoms with Crippen molar-refractivity contribution < 1.29 is 34.4 Å². The van der Waals surface area contributed by atoms with Crippen molar-refractivity contribution in [2.45, 2.75) is 35.8 Å². The minimum Gasteiger partial charge on any atom is -0.367 e. The number of hydrogen-bond acceptors (Lipinski definition) is 9. The van der Waals surface area contributed by atoms with E-state index in [-0.39, 0.29) is 22.0 Å². The Kier molecular flexibility index (Phi) is 8.00. The molecule has 0 fully saturated rings. The molecule has 3 rings (SSSR count). The van der Waals surface area contributed by atoms with Gasteiger partial charge in [-0.1, -0.05) is 30.3 Å². The molecule has 0 saturated carbocycles. The monoisotopic (exact) mass is 556 g/mol. The van der Waals surface area contributed by atoms with Gasteiger partial charge >= 0.3 is 0 Å². The van der Waals surface area contributed by atoms with Crippen LogP contribution < -0.4 is 10.0 Å². The second-order valence-electron chi connectivity index (χ2n) is 7.87. The molecule has 2 unspecified atom stereocenters. The summed E-state index contributed by atoms with van der Waals surface area (Å²) in [5, 5.41) is -1.00. The van der Waals surface area contributed by atoms with Gasteiger partial charge in [-0.2, -0.15) is 16.8 Å². The third-order valence-corrected chi connectivity index (χ3v) is 8.60. The number of anilines is 2. The number of rotatable bonds is 10. The molecule has 2 aromatic carbocycles. The van der Waals surface area contributed by atoms with Crippen LogP contribution in [0.15, 0.2) is 65.6 Å². The quantitative estimate of drug-likeness (QED) is 0.268. The smallest absolute Gasteiger partial charge is 0.286 e. The van der Waals surface area contributed by atoms with Gasteiger partial charge in [0.2, 0.25) is 0 Å². The summed E-state index contributed by atoms with van der Waals surface area (Å²) >= 11 is 0.